The van der Waals surface area contributed by atoms with Crippen molar-refractivity contribution in [1.82, 2.24) is 0 Å². The van der Waals surface area contributed by atoms with Gasteiger partial charge in [-0.25, -0.2) is 4.39 Å². The Labute approximate surface area is 74.0 Å². The molecule has 0 saturated heterocycles. The highest BCUT2D eigenvalue weighted by Gasteiger charge is 1.87. The van der Waals surface area contributed by atoms with Crippen molar-refractivity contribution >= 4 is 12.4 Å². The zero-order chi connectivity index (χ0) is 11.8. The molecule has 1 aromatic carbocycles. The second-order valence-corrected chi connectivity index (χ2v) is 1.46. The highest BCUT2D eigenvalue weighted by atomic mass is 35.5. The van der Waals surface area contributed by atoms with E-state index in [9.17, 15) is 4.39 Å². The van der Waals surface area contributed by atoms with Gasteiger partial charge in [0.05, 0.1) is 2.74 Å². The molecule has 0 aliphatic carbocycles. The average Bonchev–Trinajstić information content (AvgIpc) is 2.13. The van der Waals surface area contributed by atoms with Gasteiger partial charge in [-0.3, -0.25) is 0 Å². The molecule has 0 spiro atoms. The van der Waals surface area contributed by atoms with Gasteiger partial charge in [-0.1, -0.05) is 12.1 Å². The van der Waals surface area contributed by atoms with Crippen molar-refractivity contribution in [3.8, 4) is 0 Å². The Morgan fingerprint density at radius 2 is 2.50 bits per heavy atom. The minimum Gasteiger partial charge on any atom is -0.326 e. The third kappa shape index (κ3) is 2.33. The van der Waals surface area contributed by atoms with Crippen LogP contribution < -0.4 is 5.72 Å². The molecule has 56 valence electrons. The van der Waals surface area contributed by atoms with E-state index in [1.54, 1.807) is 0 Å². The first-order valence-corrected chi connectivity index (χ1v) is 2.32. The maximum Gasteiger partial charge on any atom is 0.123 e. The summed E-state index contributed by atoms with van der Waals surface area (Å²) in [6.07, 6.45) is 0. The molecule has 1 aromatic rings. The van der Waals surface area contributed by atoms with E-state index in [4.69, 9.17) is 8.31 Å². The largest absolute Gasteiger partial charge is 0.326 e. The molecule has 3 heteroatoms. The lowest BCUT2D eigenvalue weighted by molar-refractivity contribution is 0.627. The van der Waals surface area contributed by atoms with E-state index < -0.39 is 24.4 Å². The van der Waals surface area contributed by atoms with Gasteiger partial charge in [-0.05, 0) is 17.7 Å². The predicted octanol–water partition coefficient (Wildman–Crippen LogP) is 1.71. The van der Waals surface area contributed by atoms with Crippen LogP contribution in [-0.4, -0.2) is 0 Å². The lowest BCUT2D eigenvalue weighted by Crippen LogP contribution is -1.94. The average molecular weight is 168 g/mol. The smallest absolute Gasteiger partial charge is 0.123 e. The second kappa shape index (κ2) is 4.25. The van der Waals surface area contributed by atoms with E-state index in [2.05, 4.69) is 0 Å². The Morgan fingerprint density at radius 1 is 1.70 bits per heavy atom. The zero-order valence-electron chi connectivity index (χ0n) is 10.9. The molecule has 2 N–H and O–H groups in total. The van der Waals surface area contributed by atoms with Crippen LogP contribution in [0.2, 0.25) is 2.82 Å². The van der Waals surface area contributed by atoms with E-state index >= 15 is 0 Å². The summed E-state index contributed by atoms with van der Waals surface area (Å²) in [7, 11) is 0. The Bertz CT molecular complexity index is 385. The molecule has 0 fully saturated rings. The third-order valence-corrected chi connectivity index (χ3v) is 0.833. The van der Waals surface area contributed by atoms with Crippen molar-refractivity contribution in [3.63, 3.8) is 0 Å². The van der Waals surface area contributed by atoms with E-state index in [0.29, 0.717) is 0 Å². The minimum absolute atomic E-state index is 0. The molecular formula is C7H9ClFN. The fraction of sp³-hybridized carbons (Fsp3) is 0.143. The van der Waals surface area contributed by atoms with Gasteiger partial charge in [-0.2, -0.15) is 0 Å². The van der Waals surface area contributed by atoms with Gasteiger partial charge in [0.1, 0.15) is 8.64 Å². The molecule has 0 aliphatic heterocycles. The van der Waals surface area contributed by atoms with Crippen LogP contribution in [0.15, 0.2) is 24.2 Å². The van der Waals surface area contributed by atoms with E-state index in [-0.39, 0.29) is 23.7 Å². The van der Waals surface area contributed by atoms with Crippen LogP contribution in [0.4, 0.5) is 4.39 Å². The molecule has 1 rings (SSSR count). The Hall–Kier alpha value is -0.600. The number of nitrogens with two attached hydrogens (primary N) is 1. The molecule has 1 nitrogen and oxygen atoms in total. The maximum atomic E-state index is 12.8. The van der Waals surface area contributed by atoms with Gasteiger partial charge in [-0.15, -0.1) is 12.4 Å². The topological polar surface area (TPSA) is 26.0 Å². The summed E-state index contributed by atoms with van der Waals surface area (Å²) in [6, 6.07) is 0.422. The van der Waals surface area contributed by atoms with E-state index in [0.717, 1.165) is 12.1 Å². The van der Waals surface area contributed by atoms with Gasteiger partial charge in [0.25, 0.3) is 0 Å². The van der Waals surface area contributed by atoms with Crippen LogP contribution in [0.5, 0.6) is 0 Å². The summed E-state index contributed by atoms with van der Waals surface area (Å²) in [4.78, 5) is 0. The molecule has 0 bridgehead atoms. The summed E-state index contributed by atoms with van der Waals surface area (Å²) in [6.45, 7) is -2.54. The van der Waals surface area contributed by atoms with Gasteiger partial charge in [0.2, 0.25) is 0 Å². The fourth-order valence-corrected chi connectivity index (χ4v) is 0.432. The molecule has 0 heterocycles. The normalized spacial score (nSPS) is 19.0. The first-order chi connectivity index (χ1) is 6.78. The van der Waals surface area contributed by atoms with Crippen molar-refractivity contribution in [3.05, 3.63) is 35.6 Å². The van der Waals surface area contributed by atoms with Crippen molar-refractivity contribution in [2.45, 2.75) is 6.50 Å². The highest BCUT2D eigenvalue weighted by Crippen LogP contribution is 2.00. The van der Waals surface area contributed by atoms with Crippen molar-refractivity contribution in [2.24, 2.45) is 5.72 Å². The Balaban J connectivity index is 0.00000225. The van der Waals surface area contributed by atoms with Crippen molar-refractivity contribution in [1.29, 1.82) is 0 Å². The first-order valence-electron chi connectivity index (χ1n) is 5.22. The lowest BCUT2D eigenvalue weighted by atomic mass is 10.2. The van der Waals surface area contributed by atoms with Crippen LogP contribution >= 0.6 is 12.4 Å². The van der Waals surface area contributed by atoms with Crippen LogP contribution in [0.1, 0.15) is 11.0 Å². The number of hydrogen-bond acceptors (Lipinski definition) is 1. The molecule has 0 amide bonds. The predicted molar refractivity (Wildman–Crippen MR) is 41.5 cm³/mol. The lowest BCUT2D eigenvalue weighted by Gasteiger charge is -1.92. The molecule has 0 aliphatic rings. The zero-order valence-corrected chi connectivity index (χ0v) is 5.70. The molecule has 0 unspecified atom stereocenters. The van der Waals surface area contributed by atoms with Crippen LogP contribution in [-0.2, 0) is 6.50 Å². The van der Waals surface area contributed by atoms with E-state index in [1.165, 1.54) is 0 Å². The summed E-state index contributed by atoms with van der Waals surface area (Å²) in [5.74, 6) is -0.930. The minimum atomic E-state index is -2.54. The molecule has 0 saturated carbocycles. The van der Waals surface area contributed by atoms with Gasteiger partial charge in [0, 0.05) is 9.24 Å². The quantitative estimate of drug-likeness (QED) is 0.713. The summed E-state index contributed by atoms with van der Waals surface area (Å²) in [5, 5.41) is 0. The maximum absolute atomic E-state index is 12.8. The SMILES string of the molecule is Cl.[2H]c1c(F)ccc(C([2H])([2H])N([2H])[2H])c1[2H]. The summed E-state index contributed by atoms with van der Waals surface area (Å²) >= 11 is 0. The van der Waals surface area contributed by atoms with E-state index in [1.807, 2.05) is 0 Å². The van der Waals surface area contributed by atoms with Crippen molar-refractivity contribution in [2.75, 3.05) is 0 Å². The number of rotatable bonds is 2. The van der Waals surface area contributed by atoms with Crippen molar-refractivity contribution < 1.29 is 12.7 Å². The molecular weight excluding hydrogens is 153 g/mol. The molecule has 0 radical (unpaired) electrons. The van der Waals surface area contributed by atoms with Crippen LogP contribution in [0, 0.1) is 5.82 Å². The fourth-order valence-electron chi connectivity index (χ4n) is 0.432. The van der Waals surface area contributed by atoms with Crippen LogP contribution in [0.3, 0.4) is 0 Å². The molecule has 10 heavy (non-hydrogen) atoms. The first kappa shape index (κ1) is 3.20. The van der Waals surface area contributed by atoms with Gasteiger partial charge < -0.3 is 5.72 Å². The number of halogens is 2. The highest BCUT2D eigenvalue weighted by molar-refractivity contribution is 5.85. The summed E-state index contributed by atoms with van der Waals surface area (Å²) in [5.41, 5.74) is -0.601. The van der Waals surface area contributed by atoms with Gasteiger partial charge >= 0.3 is 0 Å². The number of hydrogen-bond donors (Lipinski definition) is 1. The molecule has 0 atom stereocenters. The molecule has 0 aromatic heterocycles. The third-order valence-electron chi connectivity index (χ3n) is 0.833. The van der Waals surface area contributed by atoms with Crippen LogP contribution in [0.25, 0.3) is 0 Å². The second-order valence-electron chi connectivity index (χ2n) is 1.46. The van der Waals surface area contributed by atoms with Gasteiger partial charge in [0.15, 0.2) is 0 Å². The Kier molecular flexibility index (Phi) is 1.36. The monoisotopic (exact) mass is 167 g/mol. The summed E-state index contributed by atoms with van der Waals surface area (Å²) < 4.78 is 55.6. The number of benzene rings is 1. The standard InChI is InChI=1S/C7H8FN.ClH/c8-7-3-1-6(5-9)2-4-7;/h1-4H,5,9H2;1H/i1D,3D,5D2;/hD2. The Morgan fingerprint density at radius 3 is 3.20 bits per heavy atom.